The maximum atomic E-state index is 14.1. The number of rotatable bonds is 12. The Labute approximate surface area is 242 Å². The zero-order chi connectivity index (χ0) is 29.5. The van der Waals surface area contributed by atoms with Crippen LogP contribution in [0.3, 0.4) is 0 Å². The molecule has 1 amide bonds. The lowest BCUT2D eigenvalue weighted by atomic mass is 9.94. The summed E-state index contributed by atoms with van der Waals surface area (Å²) >= 11 is 0. The number of aromatic nitrogens is 1. The highest BCUT2D eigenvalue weighted by atomic mass is 19.1. The smallest absolute Gasteiger partial charge is 0.258 e. The van der Waals surface area contributed by atoms with Gasteiger partial charge in [-0.15, -0.1) is 0 Å². The summed E-state index contributed by atoms with van der Waals surface area (Å²) in [6, 6.07) is 25.5. The van der Waals surface area contributed by atoms with Gasteiger partial charge >= 0.3 is 0 Å². The van der Waals surface area contributed by atoms with Gasteiger partial charge in [0.1, 0.15) is 5.82 Å². The second kappa shape index (κ2) is 13.7. The van der Waals surface area contributed by atoms with Gasteiger partial charge in [-0.1, -0.05) is 76.2 Å². The van der Waals surface area contributed by atoms with Crippen LogP contribution in [0.25, 0.3) is 22.4 Å². The van der Waals surface area contributed by atoms with Gasteiger partial charge in [0.25, 0.3) is 5.91 Å². The van der Waals surface area contributed by atoms with Crippen molar-refractivity contribution in [2.45, 2.75) is 71.6 Å². The number of hydrogen-bond donors (Lipinski definition) is 3. The molecule has 0 fully saturated rings. The topological polar surface area (TPSA) is 74.5 Å². The quantitative estimate of drug-likeness (QED) is 0.166. The van der Waals surface area contributed by atoms with E-state index in [1.54, 1.807) is 12.1 Å². The van der Waals surface area contributed by atoms with E-state index in [0.29, 0.717) is 36.6 Å². The lowest BCUT2D eigenvalue weighted by Gasteiger charge is -2.21. The fraction of sp³-hybridized carbons (Fsp3) is 0.343. The third-order valence-corrected chi connectivity index (χ3v) is 7.26. The van der Waals surface area contributed by atoms with Crippen molar-refractivity contribution in [2.24, 2.45) is 5.92 Å². The molecule has 3 N–H and O–H groups in total. The molecule has 2 atom stereocenters. The van der Waals surface area contributed by atoms with Crippen LogP contribution in [0.2, 0.25) is 0 Å². The van der Waals surface area contributed by atoms with E-state index in [-0.39, 0.29) is 24.1 Å². The molecule has 0 saturated heterocycles. The molecule has 0 radical (unpaired) electrons. The van der Waals surface area contributed by atoms with Gasteiger partial charge in [0, 0.05) is 23.5 Å². The standard InChI is InChI=1S/C35H41FN2O3/c1-23(2)21-30(40)22-29(39)19-20-38-33(24(3)4)32(35(41)37-28-13-9-6-10-14-28)31(25-11-7-5-8-12-25)34(38)26-15-17-27(36)18-16-26/h5-18,23-24,29-30,39-40H,19-22H2,1-4H3,(H,37,41). The largest absolute Gasteiger partial charge is 0.393 e. The van der Waals surface area contributed by atoms with Gasteiger partial charge < -0.3 is 20.1 Å². The van der Waals surface area contributed by atoms with Gasteiger partial charge in [-0.05, 0) is 78.6 Å². The number of anilines is 1. The number of aliphatic hydroxyl groups excluding tert-OH is 2. The van der Waals surface area contributed by atoms with Crippen LogP contribution < -0.4 is 5.32 Å². The van der Waals surface area contributed by atoms with Crippen molar-refractivity contribution in [3.8, 4) is 22.4 Å². The first-order chi connectivity index (χ1) is 19.7. The van der Waals surface area contributed by atoms with Crippen molar-refractivity contribution in [1.82, 2.24) is 4.57 Å². The number of nitrogens with zero attached hydrogens (tertiary/aromatic N) is 1. The molecule has 1 heterocycles. The fourth-order valence-corrected chi connectivity index (χ4v) is 5.56. The normalized spacial score (nSPS) is 13.0. The monoisotopic (exact) mass is 556 g/mol. The molecule has 0 aliphatic rings. The van der Waals surface area contributed by atoms with Crippen LogP contribution in [0, 0.1) is 11.7 Å². The number of nitrogens with one attached hydrogen (secondary N) is 1. The number of carbonyl (C=O) groups excluding carboxylic acids is 1. The first-order valence-electron chi connectivity index (χ1n) is 14.5. The Morgan fingerprint density at radius 3 is 2.00 bits per heavy atom. The molecule has 0 spiro atoms. The molecule has 5 nitrogen and oxygen atoms in total. The molecular formula is C35H41FN2O3. The van der Waals surface area contributed by atoms with Crippen molar-refractivity contribution in [1.29, 1.82) is 0 Å². The van der Waals surface area contributed by atoms with E-state index in [1.807, 2.05) is 74.5 Å². The minimum atomic E-state index is -0.714. The number of carbonyl (C=O) groups is 1. The van der Waals surface area contributed by atoms with Crippen LogP contribution in [0.4, 0.5) is 10.1 Å². The highest BCUT2D eigenvalue weighted by molar-refractivity contribution is 6.12. The molecule has 3 aromatic carbocycles. The summed E-state index contributed by atoms with van der Waals surface area (Å²) in [4.78, 5) is 14.1. The molecule has 0 aliphatic carbocycles. The number of amides is 1. The Balaban J connectivity index is 1.89. The van der Waals surface area contributed by atoms with Crippen molar-refractivity contribution in [2.75, 3.05) is 5.32 Å². The molecule has 216 valence electrons. The van der Waals surface area contributed by atoms with E-state index >= 15 is 0 Å². The van der Waals surface area contributed by atoms with Crippen molar-refractivity contribution < 1.29 is 19.4 Å². The molecule has 0 saturated carbocycles. The summed E-state index contributed by atoms with van der Waals surface area (Å²) in [5.41, 5.74) is 5.31. The lowest BCUT2D eigenvalue weighted by molar-refractivity contribution is 0.0619. The van der Waals surface area contributed by atoms with E-state index in [9.17, 15) is 19.4 Å². The third-order valence-electron chi connectivity index (χ3n) is 7.26. The highest BCUT2D eigenvalue weighted by Crippen LogP contribution is 2.42. The number of benzene rings is 3. The molecule has 6 heteroatoms. The molecule has 41 heavy (non-hydrogen) atoms. The van der Waals surface area contributed by atoms with Gasteiger partial charge in [-0.2, -0.15) is 0 Å². The average molecular weight is 557 g/mol. The van der Waals surface area contributed by atoms with Crippen molar-refractivity contribution in [3.63, 3.8) is 0 Å². The fourth-order valence-electron chi connectivity index (χ4n) is 5.56. The summed E-state index contributed by atoms with van der Waals surface area (Å²) in [5, 5.41) is 24.4. The minimum Gasteiger partial charge on any atom is -0.393 e. The molecule has 0 bridgehead atoms. The number of aliphatic hydroxyl groups is 2. The first-order valence-corrected chi connectivity index (χ1v) is 14.5. The van der Waals surface area contributed by atoms with Gasteiger partial charge in [0.05, 0.1) is 23.5 Å². The second-order valence-corrected chi connectivity index (χ2v) is 11.4. The summed E-state index contributed by atoms with van der Waals surface area (Å²) in [5.74, 6) is -0.271. The predicted octanol–water partition coefficient (Wildman–Crippen LogP) is 7.89. The van der Waals surface area contributed by atoms with E-state index in [4.69, 9.17) is 0 Å². The van der Waals surface area contributed by atoms with Crippen LogP contribution in [-0.4, -0.2) is 32.9 Å². The predicted molar refractivity (Wildman–Crippen MR) is 164 cm³/mol. The molecule has 1 aromatic heterocycles. The van der Waals surface area contributed by atoms with E-state index in [2.05, 4.69) is 23.7 Å². The zero-order valence-electron chi connectivity index (χ0n) is 24.3. The van der Waals surface area contributed by atoms with Crippen LogP contribution in [0.1, 0.15) is 68.9 Å². The summed E-state index contributed by atoms with van der Waals surface area (Å²) < 4.78 is 16.2. The van der Waals surface area contributed by atoms with E-state index in [0.717, 1.165) is 28.1 Å². The summed E-state index contributed by atoms with van der Waals surface area (Å²) in [6.07, 6.45) is 0.0126. The Bertz CT molecular complexity index is 1410. The maximum Gasteiger partial charge on any atom is 0.258 e. The van der Waals surface area contributed by atoms with Gasteiger partial charge in [-0.3, -0.25) is 4.79 Å². The number of hydrogen-bond acceptors (Lipinski definition) is 3. The SMILES string of the molecule is CC(C)CC(O)CC(O)CCn1c(-c2ccc(F)cc2)c(-c2ccccc2)c(C(=O)Nc2ccccc2)c1C(C)C. The average Bonchev–Trinajstić information content (AvgIpc) is 3.28. The second-order valence-electron chi connectivity index (χ2n) is 11.4. The Morgan fingerprint density at radius 2 is 1.41 bits per heavy atom. The zero-order valence-corrected chi connectivity index (χ0v) is 24.3. The molecular weight excluding hydrogens is 515 g/mol. The Hall–Kier alpha value is -3.74. The Morgan fingerprint density at radius 1 is 0.805 bits per heavy atom. The van der Waals surface area contributed by atoms with Gasteiger partial charge in [0.2, 0.25) is 0 Å². The van der Waals surface area contributed by atoms with Crippen molar-refractivity contribution >= 4 is 11.6 Å². The third kappa shape index (κ3) is 7.51. The minimum absolute atomic E-state index is 0.0353. The number of para-hydroxylation sites is 1. The Kier molecular flexibility index (Phi) is 10.1. The van der Waals surface area contributed by atoms with Crippen LogP contribution >= 0.6 is 0 Å². The summed E-state index contributed by atoms with van der Waals surface area (Å²) in [7, 11) is 0. The van der Waals surface area contributed by atoms with Crippen LogP contribution in [0.5, 0.6) is 0 Å². The molecule has 2 unspecified atom stereocenters. The molecule has 4 rings (SSSR count). The highest BCUT2D eigenvalue weighted by Gasteiger charge is 2.30. The van der Waals surface area contributed by atoms with E-state index in [1.165, 1.54) is 12.1 Å². The molecule has 0 aliphatic heterocycles. The van der Waals surface area contributed by atoms with Crippen LogP contribution in [0.15, 0.2) is 84.9 Å². The lowest BCUT2D eigenvalue weighted by Crippen LogP contribution is -2.22. The summed E-state index contributed by atoms with van der Waals surface area (Å²) in [6.45, 7) is 8.63. The van der Waals surface area contributed by atoms with Gasteiger partial charge in [0.15, 0.2) is 0 Å². The van der Waals surface area contributed by atoms with Gasteiger partial charge in [-0.25, -0.2) is 4.39 Å². The number of halogens is 1. The van der Waals surface area contributed by atoms with E-state index < -0.39 is 12.2 Å². The van der Waals surface area contributed by atoms with Crippen LogP contribution in [-0.2, 0) is 6.54 Å². The first kappa shape index (κ1) is 30.2. The maximum absolute atomic E-state index is 14.1. The molecule has 4 aromatic rings. The van der Waals surface area contributed by atoms with Crippen molar-refractivity contribution in [3.05, 3.63) is 102 Å².